The van der Waals surface area contributed by atoms with E-state index in [1.54, 1.807) is 0 Å². The Hall–Kier alpha value is -1.02. The monoisotopic (exact) mass is 258 g/mol. The van der Waals surface area contributed by atoms with Gasteiger partial charge in [0.2, 0.25) is 10.0 Å². The highest BCUT2D eigenvalue weighted by molar-refractivity contribution is 7.89. The molecule has 1 aromatic heterocycles. The molecule has 1 aromatic rings. The number of piperidine rings is 1. The van der Waals surface area contributed by atoms with Crippen LogP contribution in [0.1, 0.15) is 6.42 Å². The zero-order valence-corrected chi connectivity index (χ0v) is 9.92. The summed E-state index contributed by atoms with van der Waals surface area (Å²) in [6.45, 7) is 0.0164. The van der Waals surface area contributed by atoms with Crippen LogP contribution in [0.4, 0.5) is 0 Å². The minimum absolute atomic E-state index is 0.00822. The average molecular weight is 258 g/mol. The SMILES string of the molecule is O=S(=O)(c1cccnc1)N1C[C@H](O)C[C@@H](O)C1. The lowest BCUT2D eigenvalue weighted by molar-refractivity contribution is 0.0213. The van der Waals surface area contributed by atoms with Gasteiger partial charge in [-0.25, -0.2) is 8.42 Å². The third-order valence-corrected chi connectivity index (χ3v) is 4.46. The summed E-state index contributed by atoms with van der Waals surface area (Å²) in [7, 11) is -3.68. The summed E-state index contributed by atoms with van der Waals surface area (Å²) in [5.41, 5.74) is 0. The van der Waals surface area contributed by atoms with E-state index in [0.29, 0.717) is 0 Å². The van der Waals surface area contributed by atoms with Crippen LogP contribution in [-0.4, -0.2) is 53.2 Å². The Labute approximate surface area is 99.6 Å². The number of hydrogen-bond donors (Lipinski definition) is 2. The molecule has 1 fully saturated rings. The summed E-state index contributed by atoms with van der Waals surface area (Å²) in [6.07, 6.45) is 1.29. The molecule has 0 bridgehead atoms. The molecular weight excluding hydrogens is 244 g/mol. The van der Waals surface area contributed by atoms with Crippen molar-refractivity contribution in [3.05, 3.63) is 24.5 Å². The lowest BCUT2D eigenvalue weighted by Gasteiger charge is -2.32. The third kappa shape index (κ3) is 2.63. The minimum Gasteiger partial charge on any atom is -0.392 e. The van der Waals surface area contributed by atoms with E-state index in [1.165, 1.54) is 24.5 Å². The second-order valence-electron chi connectivity index (χ2n) is 4.05. The number of β-amino-alcohol motifs (C(OH)–C–C–N with tert-alkyl or cyclic N) is 2. The summed E-state index contributed by atoms with van der Waals surface area (Å²) in [5, 5.41) is 19.0. The fourth-order valence-corrected chi connectivity index (χ4v) is 3.33. The molecule has 2 atom stereocenters. The first kappa shape index (κ1) is 12.4. The standard InChI is InChI=1S/C10H14N2O4S/c13-8-4-9(14)7-12(6-8)17(15,16)10-2-1-3-11-5-10/h1-3,5,8-9,13-14H,4,6-7H2/t8-,9-/m1/s1. The Kier molecular flexibility index (Phi) is 3.43. The highest BCUT2D eigenvalue weighted by Crippen LogP contribution is 2.20. The zero-order valence-electron chi connectivity index (χ0n) is 9.10. The number of rotatable bonds is 2. The fraction of sp³-hybridized carbons (Fsp3) is 0.500. The van der Waals surface area contributed by atoms with Crippen molar-refractivity contribution in [1.29, 1.82) is 0 Å². The molecule has 1 aliphatic heterocycles. The molecule has 1 aliphatic rings. The molecule has 7 heteroatoms. The number of pyridine rings is 1. The van der Waals surface area contributed by atoms with Gasteiger partial charge in [0.1, 0.15) is 4.90 Å². The van der Waals surface area contributed by atoms with Crippen molar-refractivity contribution in [3.8, 4) is 0 Å². The van der Waals surface area contributed by atoms with Crippen LogP contribution in [0.2, 0.25) is 0 Å². The topological polar surface area (TPSA) is 90.7 Å². The third-order valence-electron chi connectivity index (χ3n) is 2.65. The molecule has 0 aliphatic carbocycles. The maximum Gasteiger partial charge on any atom is 0.244 e. The molecule has 94 valence electrons. The van der Waals surface area contributed by atoms with E-state index in [2.05, 4.69) is 4.98 Å². The summed E-state index contributed by atoms with van der Waals surface area (Å²) in [4.78, 5) is 3.82. The van der Waals surface area contributed by atoms with E-state index in [-0.39, 0.29) is 24.4 Å². The molecule has 2 heterocycles. The first-order valence-corrected chi connectivity index (χ1v) is 6.70. The molecular formula is C10H14N2O4S. The van der Waals surface area contributed by atoms with Gasteiger partial charge in [0.25, 0.3) is 0 Å². The molecule has 2 rings (SSSR count). The van der Waals surface area contributed by atoms with Gasteiger partial charge in [-0.2, -0.15) is 4.31 Å². The molecule has 0 aromatic carbocycles. The van der Waals surface area contributed by atoms with Gasteiger partial charge >= 0.3 is 0 Å². The largest absolute Gasteiger partial charge is 0.392 e. The van der Waals surface area contributed by atoms with Crippen molar-refractivity contribution in [3.63, 3.8) is 0 Å². The van der Waals surface area contributed by atoms with E-state index in [1.807, 2.05) is 0 Å². The number of nitrogens with zero attached hydrogens (tertiary/aromatic N) is 2. The molecule has 6 nitrogen and oxygen atoms in total. The van der Waals surface area contributed by atoms with Crippen LogP contribution in [-0.2, 0) is 10.0 Å². The van der Waals surface area contributed by atoms with Crippen LogP contribution in [0.25, 0.3) is 0 Å². The molecule has 0 amide bonds. The molecule has 1 saturated heterocycles. The van der Waals surface area contributed by atoms with Gasteiger partial charge in [-0.15, -0.1) is 0 Å². The molecule has 0 radical (unpaired) electrons. The molecule has 17 heavy (non-hydrogen) atoms. The van der Waals surface area contributed by atoms with Gasteiger partial charge in [-0.05, 0) is 12.1 Å². The second kappa shape index (κ2) is 4.69. The average Bonchev–Trinajstić information content (AvgIpc) is 2.29. The van der Waals surface area contributed by atoms with Crippen molar-refractivity contribution < 1.29 is 18.6 Å². The van der Waals surface area contributed by atoms with Crippen LogP contribution in [0.5, 0.6) is 0 Å². The predicted octanol–water partition coefficient (Wildman–Crippen LogP) is -0.802. The van der Waals surface area contributed by atoms with Crippen LogP contribution in [0, 0.1) is 0 Å². The van der Waals surface area contributed by atoms with Gasteiger partial charge in [0, 0.05) is 31.9 Å². The Morgan fingerprint density at radius 1 is 1.29 bits per heavy atom. The Bertz CT molecular complexity index is 466. The van der Waals surface area contributed by atoms with E-state index in [4.69, 9.17) is 0 Å². The summed E-state index contributed by atoms with van der Waals surface area (Å²) >= 11 is 0. The van der Waals surface area contributed by atoms with E-state index in [9.17, 15) is 18.6 Å². The zero-order chi connectivity index (χ0) is 12.5. The summed E-state index contributed by atoms with van der Waals surface area (Å²) < 4.78 is 25.4. The number of sulfonamides is 1. The second-order valence-corrected chi connectivity index (χ2v) is 5.99. The number of aliphatic hydroxyl groups is 2. The minimum atomic E-state index is -3.68. The summed E-state index contributed by atoms with van der Waals surface area (Å²) in [6, 6.07) is 2.97. The molecule has 0 saturated carbocycles. The fourth-order valence-electron chi connectivity index (χ4n) is 1.85. The van der Waals surface area contributed by atoms with Crippen molar-refractivity contribution in [2.75, 3.05) is 13.1 Å². The maximum absolute atomic E-state index is 12.1. The maximum atomic E-state index is 12.1. The Morgan fingerprint density at radius 3 is 2.47 bits per heavy atom. The first-order chi connectivity index (χ1) is 8.00. The van der Waals surface area contributed by atoms with Gasteiger partial charge in [-0.1, -0.05) is 0 Å². The highest BCUT2D eigenvalue weighted by atomic mass is 32.2. The smallest absolute Gasteiger partial charge is 0.244 e. The lowest BCUT2D eigenvalue weighted by Crippen LogP contribution is -2.48. The van der Waals surface area contributed by atoms with Crippen LogP contribution in [0.15, 0.2) is 29.4 Å². The van der Waals surface area contributed by atoms with E-state index < -0.39 is 22.2 Å². The lowest BCUT2D eigenvalue weighted by atomic mass is 10.1. The number of aromatic nitrogens is 1. The van der Waals surface area contributed by atoms with E-state index >= 15 is 0 Å². The quantitative estimate of drug-likeness (QED) is 0.724. The first-order valence-electron chi connectivity index (χ1n) is 5.26. The van der Waals surface area contributed by atoms with Gasteiger partial charge in [0.15, 0.2) is 0 Å². The van der Waals surface area contributed by atoms with Gasteiger partial charge < -0.3 is 10.2 Å². The number of hydrogen-bond acceptors (Lipinski definition) is 5. The highest BCUT2D eigenvalue weighted by Gasteiger charge is 2.33. The molecule has 0 unspecified atom stereocenters. The van der Waals surface area contributed by atoms with Crippen LogP contribution >= 0.6 is 0 Å². The predicted molar refractivity (Wildman–Crippen MR) is 59.6 cm³/mol. The summed E-state index contributed by atoms with van der Waals surface area (Å²) in [5.74, 6) is 0. The Morgan fingerprint density at radius 2 is 1.94 bits per heavy atom. The Balaban J connectivity index is 2.27. The van der Waals surface area contributed by atoms with Crippen LogP contribution < -0.4 is 0 Å². The molecule has 2 N–H and O–H groups in total. The normalized spacial score (nSPS) is 26.9. The van der Waals surface area contributed by atoms with E-state index in [0.717, 1.165) is 4.31 Å². The van der Waals surface area contributed by atoms with Gasteiger partial charge in [-0.3, -0.25) is 4.98 Å². The van der Waals surface area contributed by atoms with Crippen molar-refractivity contribution in [2.24, 2.45) is 0 Å². The van der Waals surface area contributed by atoms with Gasteiger partial charge in [0.05, 0.1) is 12.2 Å². The molecule has 0 spiro atoms. The number of aliphatic hydroxyl groups excluding tert-OH is 2. The van der Waals surface area contributed by atoms with Crippen molar-refractivity contribution in [1.82, 2.24) is 9.29 Å². The van der Waals surface area contributed by atoms with Crippen molar-refractivity contribution in [2.45, 2.75) is 23.5 Å². The van der Waals surface area contributed by atoms with Crippen molar-refractivity contribution >= 4 is 10.0 Å². The van der Waals surface area contributed by atoms with Crippen LogP contribution in [0.3, 0.4) is 0 Å².